The van der Waals surface area contributed by atoms with Crippen LogP contribution in [0.2, 0.25) is 0 Å². The van der Waals surface area contributed by atoms with E-state index in [0.29, 0.717) is 5.82 Å². The van der Waals surface area contributed by atoms with Crippen LogP contribution in [0.1, 0.15) is 0 Å². The van der Waals surface area contributed by atoms with Crippen LogP contribution in [0.15, 0.2) is 38.0 Å². The lowest BCUT2D eigenvalue weighted by molar-refractivity contribution is 0.923. The van der Waals surface area contributed by atoms with E-state index < -0.39 is 0 Å². The van der Waals surface area contributed by atoms with Gasteiger partial charge >= 0.3 is 0 Å². The van der Waals surface area contributed by atoms with Gasteiger partial charge in [-0.1, -0.05) is 19.7 Å². The zero-order valence-corrected chi connectivity index (χ0v) is 4.78. The zero-order valence-electron chi connectivity index (χ0n) is 4.78. The molecule has 0 fully saturated rings. The molecule has 0 aliphatic rings. The van der Waals surface area contributed by atoms with Gasteiger partial charge in [0.25, 0.3) is 0 Å². The maximum atomic E-state index is 3.57. The lowest BCUT2D eigenvalue weighted by atomic mass is 10.7. The summed E-state index contributed by atoms with van der Waals surface area (Å²) in [4.78, 5) is 0. The molecule has 2 heteroatoms. The molecule has 8 heavy (non-hydrogen) atoms. The summed E-state index contributed by atoms with van der Waals surface area (Å²) in [5.41, 5.74) is 0. The van der Waals surface area contributed by atoms with Crippen molar-refractivity contribution >= 4 is 0 Å². The Bertz CT molecular complexity index is 93.1. The minimum absolute atomic E-state index is 0.676. The van der Waals surface area contributed by atoms with Gasteiger partial charge in [-0.15, -0.1) is 0 Å². The quantitative estimate of drug-likeness (QED) is 0.562. The first-order valence-electron chi connectivity index (χ1n) is 2.25. The Morgan fingerprint density at radius 3 is 1.75 bits per heavy atom. The molecule has 0 unspecified atom stereocenters. The van der Waals surface area contributed by atoms with Crippen molar-refractivity contribution in [3.63, 3.8) is 0 Å². The topological polar surface area (TPSA) is 24.1 Å². The third kappa shape index (κ3) is 3.03. The minimum atomic E-state index is 0.676. The van der Waals surface area contributed by atoms with Gasteiger partial charge in [0, 0.05) is 0 Å². The molecule has 2 nitrogen and oxygen atoms in total. The Morgan fingerprint density at radius 2 is 1.50 bits per heavy atom. The van der Waals surface area contributed by atoms with Crippen molar-refractivity contribution in [2.24, 2.45) is 0 Å². The van der Waals surface area contributed by atoms with Crippen LogP contribution in [0.5, 0.6) is 0 Å². The molecule has 0 saturated carbocycles. The largest absolute Gasteiger partial charge is 0.349 e. The lowest BCUT2D eigenvalue weighted by Crippen LogP contribution is -2.15. The molecule has 0 saturated heterocycles. The molecule has 0 heterocycles. The fourth-order valence-corrected chi connectivity index (χ4v) is 0.288. The van der Waals surface area contributed by atoms with E-state index in [0.717, 1.165) is 0 Å². The standard InChI is InChI=1S/C6H10N2/c1-4-7-6(3)8-5-2/h4-5,7-8H,1-3H2. The summed E-state index contributed by atoms with van der Waals surface area (Å²) < 4.78 is 0. The summed E-state index contributed by atoms with van der Waals surface area (Å²) in [6.07, 6.45) is 3.08. The number of nitrogens with one attached hydrogen (secondary N) is 2. The highest BCUT2D eigenvalue weighted by molar-refractivity contribution is 4.95. The van der Waals surface area contributed by atoms with Crippen molar-refractivity contribution in [3.8, 4) is 0 Å². The average molecular weight is 110 g/mol. The molecule has 0 radical (unpaired) electrons. The Kier molecular flexibility index (Phi) is 3.40. The molecule has 0 aromatic heterocycles. The Morgan fingerprint density at radius 1 is 1.12 bits per heavy atom. The Labute approximate surface area is 49.6 Å². The van der Waals surface area contributed by atoms with E-state index in [9.17, 15) is 0 Å². The van der Waals surface area contributed by atoms with Gasteiger partial charge in [-0.2, -0.15) is 0 Å². The Balaban J connectivity index is 3.32. The SMILES string of the molecule is C=CNC(=C)NC=C. The van der Waals surface area contributed by atoms with Crippen LogP contribution in [0, 0.1) is 0 Å². The molecular formula is C6H10N2. The predicted octanol–water partition coefficient (Wildman–Crippen LogP) is 0.924. The van der Waals surface area contributed by atoms with E-state index in [2.05, 4.69) is 30.4 Å². The van der Waals surface area contributed by atoms with Crippen LogP contribution in [-0.4, -0.2) is 0 Å². The minimum Gasteiger partial charge on any atom is -0.349 e. The first-order valence-corrected chi connectivity index (χ1v) is 2.25. The maximum absolute atomic E-state index is 3.57. The molecule has 0 aliphatic heterocycles. The van der Waals surface area contributed by atoms with Gasteiger partial charge in [0.1, 0.15) is 0 Å². The van der Waals surface area contributed by atoms with Crippen molar-refractivity contribution in [1.29, 1.82) is 0 Å². The van der Waals surface area contributed by atoms with Crippen molar-refractivity contribution in [2.45, 2.75) is 0 Å². The molecule has 0 aromatic carbocycles. The second-order valence-electron chi connectivity index (χ2n) is 1.18. The van der Waals surface area contributed by atoms with Crippen molar-refractivity contribution in [1.82, 2.24) is 10.6 Å². The summed E-state index contributed by atoms with van der Waals surface area (Å²) in [5, 5.41) is 5.47. The van der Waals surface area contributed by atoms with Crippen molar-refractivity contribution < 1.29 is 0 Å². The first kappa shape index (κ1) is 6.82. The smallest absolute Gasteiger partial charge is 0.0992 e. The van der Waals surface area contributed by atoms with Gasteiger partial charge in [0.15, 0.2) is 0 Å². The average Bonchev–Trinajstić information content (AvgIpc) is 1.68. The summed E-state index contributed by atoms with van der Waals surface area (Å²) in [7, 11) is 0. The number of hydrogen-bond acceptors (Lipinski definition) is 2. The normalized spacial score (nSPS) is 7.00. The third-order valence-electron chi connectivity index (χ3n) is 0.553. The molecule has 0 aliphatic carbocycles. The van der Waals surface area contributed by atoms with Crippen LogP contribution in [-0.2, 0) is 0 Å². The third-order valence-corrected chi connectivity index (χ3v) is 0.553. The molecule has 2 N–H and O–H groups in total. The maximum Gasteiger partial charge on any atom is 0.0992 e. The summed E-state index contributed by atoms with van der Waals surface area (Å²) >= 11 is 0. The van der Waals surface area contributed by atoms with E-state index in [1.54, 1.807) is 12.4 Å². The van der Waals surface area contributed by atoms with Crippen LogP contribution in [0.4, 0.5) is 0 Å². The van der Waals surface area contributed by atoms with Crippen LogP contribution in [0.3, 0.4) is 0 Å². The van der Waals surface area contributed by atoms with E-state index in [1.807, 2.05) is 0 Å². The molecule has 44 valence electrons. The van der Waals surface area contributed by atoms with Crippen LogP contribution in [0.25, 0.3) is 0 Å². The van der Waals surface area contributed by atoms with Crippen LogP contribution < -0.4 is 10.6 Å². The molecule has 0 amide bonds. The van der Waals surface area contributed by atoms with E-state index >= 15 is 0 Å². The highest BCUT2D eigenvalue weighted by Crippen LogP contribution is 1.72. The monoisotopic (exact) mass is 110 g/mol. The summed E-state index contributed by atoms with van der Waals surface area (Å²) in [5.74, 6) is 0.676. The predicted molar refractivity (Wildman–Crippen MR) is 35.8 cm³/mol. The van der Waals surface area contributed by atoms with Gasteiger partial charge in [-0.25, -0.2) is 0 Å². The van der Waals surface area contributed by atoms with E-state index in [-0.39, 0.29) is 0 Å². The second kappa shape index (κ2) is 3.99. The summed E-state index contributed by atoms with van der Waals surface area (Å²) in [6, 6.07) is 0. The lowest BCUT2D eigenvalue weighted by Gasteiger charge is -2.00. The van der Waals surface area contributed by atoms with Gasteiger partial charge in [0.05, 0.1) is 5.82 Å². The van der Waals surface area contributed by atoms with Crippen molar-refractivity contribution in [2.75, 3.05) is 0 Å². The number of hydrogen-bond donors (Lipinski definition) is 2. The van der Waals surface area contributed by atoms with Crippen LogP contribution >= 0.6 is 0 Å². The fraction of sp³-hybridized carbons (Fsp3) is 0. The molecule has 0 rings (SSSR count). The molecule has 0 spiro atoms. The second-order valence-corrected chi connectivity index (χ2v) is 1.18. The molecule has 0 atom stereocenters. The van der Waals surface area contributed by atoms with Gasteiger partial charge in [0.2, 0.25) is 0 Å². The molecule has 0 aromatic rings. The number of rotatable bonds is 4. The fourth-order valence-electron chi connectivity index (χ4n) is 0.288. The first-order chi connectivity index (χ1) is 3.81. The van der Waals surface area contributed by atoms with E-state index in [4.69, 9.17) is 0 Å². The van der Waals surface area contributed by atoms with Gasteiger partial charge < -0.3 is 10.6 Å². The van der Waals surface area contributed by atoms with Crippen molar-refractivity contribution in [3.05, 3.63) is 38.0 Å². The van der Waals surface area contributed by atoms with Gasteiger partial charge in [-0.3, -0.25) is 0 Å². The summed E-state index contributed by atoms with van der Waals surface area (Å²) in [6.45, 7) is 10.4. The zero-order chi connectivity index (χ0) is 6.41. The van der Waals surface area contributed by atoms with E-state index in [1.165, 1.54) is 0 Å². The van der Waals surface area contributed by atoms with Gasteiger partial charge in [-0.05, 0) is 12.4 Å². The molecular weight excluding hydrogens is 100 g/mol. The highest BCUT2D eigenvalue weighted by atomic mass is 15.1. The molecule has 0 bridgehead atoms. The highest BCUT2D eigenvalue weighted by Gasteiger charge is 1.76. The Hall–Kier alpha value is -1.18.